The number of carbonyl (C=O) groups is 1. The van der Waals surface area contributed by atoms with Crippen molar-refractivity contribution < 1.29 is 22.3 Å². The Morgan fingerprint density at radius 3 is 2.64 bits per heavy atom. The summed E-state index contributed by atoms with van der Waals surface area (Å²) in [7, 11) is -4.31. The van der Waals surface area contributed by atoms with E-state index in [4.69, 9.17) is 16.3 Å². The lowest BCUT2D eigenvalue weighted by Gasteiger charge is -2.20. The number of nitrogens with one attached hydrogen (secondary N) is 1. The zero-order chi connectivity index (χ0) is 20.5. The first-order valence-corrected chi connectivity index (χ1v) is 10.6. The molecule has 0 unspecified atom stereocenters. The number of aromatic nitrogens is 1. The zero-order valence-corrected chi connectivity index (χ0v) is 17.0. The second kappa shape index (κ2) is 7.67. The van der Waals surface area contributed by atoms with Gasteiger partial charge in [0.2, 0.25) is 5.95 Å². The molecule has 1 amide bonds. The van der Waals surface area contributed by atoms with Crippen molar-refractivity contribution in [3.63, 3.8) is 0 Å². The van der Waals surface area contributed by atoms with E-state index in [1.807, 2.05) is 10.8 Å². The number of rotatable bonds is 7. The summed E-state index contributed by atoms with van der Waals surface area (Å²) in [5.74, 6) is -0.957. The average Bonchev–Trinajstić information content (AvgIpc) is 3.37. The lowest BCUT2D eigenvalue weighted by Crippen LogP contribution is -2.43. The molecule has 0 atom stereocenters. The Labute approximate surface area is 168 Å². The summed E-state index contributed by atoms with van der Waals surface area (Å²) in [6.07, 6.45) is 1.44. The summed E-state index contributed by atoms with van der Waals surface area (Å²) >= 11 is 6.06. The van der Waals surface area contributed by atoms with E-state index in [1.165, 1.54) is 6.07 Å². The standard InChI is InChI=1S/C19H20ClFN2O4S/c1-12(2)10-13-6-7-14(20)11-15(13)27-19(8-9-19)18(24)23-28(25,26)17-5-3-4-16(21)22-17/h3-7,11-12H,8-10H2,1-2H3,(H,23,24). The quantitative estimate of drug-likeness (QED) is 0.685. The Morgan fingerprint density at radius 1 is 1.32 bits per heavy atom. The number of hydrogen-bond acceptors (Lipinski definition) is 5. The number of pyridine rings is 1. The molecular weight excluding hydrogens is 407 g/mol. The van der Waals surface area contributed by atoms with Crippen LogP contribution in [-0.2, 0) is 21.2 Å². The second-order valence-electron chi connectivity index (χ2n) is 7.18. The van der Waals surface area contributed by atoms with E-state index in [1.54, 1.807) is 12.1 Å². The van der Waals surface area contributed by atoms with Crippen LogP contribution in [-0.4, -0.2) is 24.9 Å². The number of halogens is 2. The van der Waals surface area contributed by atoms with Gasteiger partial charge in [0.05, 0.1) is 0 Å². The van der Waals surface area contributed by atoms with Gasteiger partial charge in [0.15, 0.2) is 10.6 Å². The number of carbonyl (C=O) groups excluding carboxylic acids is 1. The van der Waals surface area contributed by atoms with E-state index < -0.39 is 32.5 Å². The smallest absolute Gasteiger partial charge is 0.281 e. The van der Waals surface area contributed by atoms with Gasteiger partial charge < -0.3 is 4.74 Å². The van der Waals surface area contributed by atoms with Gasteiger partial charge in [0.1, 0.15) is 5.75 Å². The lowest BCUT2D eigenvalue weighted by atomic mass is 10.0. The van der Waals surface area contributed by atoms with Crippen molar-refractivity contribution in [1.29, 1.82) is 0 Å². The van der Waals surface area contributed by atoms with Crippen molar-refractivity contribution in [2.24, 2.45) is 5.92 Å². The molecule has 0 radical (unpaired) electrons. The molecule has 28 heavy (non-hydrogen) atoms. The molecule has 6 nitrogen and oxygen atoms in total. The fourth-order valence-corrected chi connectivity index (χ4v) is 3.90. The van der Waals surface area contributed by atoms with Crippen molar-refractivity contribution in [2.45, 2.75) is 43.7 Å². The number of sulfonamides is 1. The summed E-state index contributed by atoms with van der Waals surface area (Å²) in [6.45, 7) is 4.10. The molecule has 0 saturated heterocycles. The SMILES string of the molecule is CC(C)Cc1ccc(Cl)cc1OC1(C(=O)NS(=O)(=O)c2cccc(F)n2)CC1. The molecule has 1 fully saturated rings. The maximum Gasteiger partial charge on any atom is 0.281 e. The molecule has 1 aliphatic carbocycles. The van der Waals surface area contributed by atoms with Gasteiger partial charge in [0.25, 0.3) is 15.9 Å². The Kier molecular flexibility index (Phi) is 5.63. The van der Waals surface area contributed by atoms with Gasteiger partial charge in [-0.05, 0) is 42.2 Å². The first kappa shape index (κ1) is 20.5. The van der Waals surface area contributed by atoms with Gasteiger partial charge >= 0.3 is 0 Å². The minimum Gasteiger partial charge on any atom is -0.477 e. The van der Waals surface area contributed by atoms with Crippen LogP contribution in [0.15, 0.2) is 41.4 Å². The summed E-state index contributed by atoms with van der Waals surface area (Å²) in [4.78, 5) is 16.0. The average molecular weight is 427 g/mol. The normalized spacial score (nSPS) is 15.3. The Morgan fingerprint density at radius 2 is 2.04 bits per heavy atom. The number of benzene rings is 1. The van der Waals surface area contributed by atoms with E-state index in [0.29, 0.717) is 29.5 Å². The molecule has 1 aromatic heterocycles. The number of hydrogen-bond donors (Lipinski definition) is 1. The molecule has 1 saturated carbocycles. The third kappa shape index (κ3) is 4.62. The number of ether oxygens (including phenoxy) is 1. The maximum atomic E-state index is 13.2. The first-order valence-electron chi connectivity index (χ1n) is 8.78. The molecule has 0 spiro atoms. The minimum atomic E-state index is -4.31. The van der Waals surface area contributed by atoms with Gasteiger partial charge in [-0.2, -0.15) is 12.8 Å². The molecule has 1 N–H and O–H groups in total. The number of amides is 1. The van der Waals surface area contributed by atoms with Crippen molar-refractivity contribution in [2.75, 3.05) is 0 Å². The van der Waals surface area contributed by atoms with Crippen LogP contribution in [0.2, 0.25) is 5.02 Å². The molecule has 150 valence electrons. The van der Waals surface area contributed by atoms with Gasteiger partial charge in [-0.25, -0.2) is 9.71 Å². The van der Waals surface area contributed by atoms with Crippen molar-refractivity contribution >= 4 is 27.5 Å². The van der Waals surface area contributed by atoms with E-state index in [-0.39, 0.29) is 0 Å². The highest BCUT2D eigenvalue weighted by molar-refractivity contribution is 7.90. The molecule has 1 aliphatic rings. The monoisotopic (exact) mass is 426 g/mol. The van der Waals surface area contributed by atoms with Gasteiger partial charge in [-0.1, -0.05) is 37.6 Å². The fourth-order valence-electron chi connectivity index (χ4n) is 2.74. The highest BCUT2D eigenvalue weighted by atomic mass is 35.5. The second-order valence-corrected chi connectivity index (χ2v) is 9.25. The van der Waals surface area contributed by atoms with Gasteiger partial charge in [-0.15, -0.1) is 0 Å². The largest absolute Gasteiger partial charge is 0.477 e. The van der Waals surface area contributed by atoms with Crippen LogP contribution in [0.25, 0.3) is 0 Å². The Hall–Kier alpha value is -2.19. The van der Waals surface area contributed by atoms with Crippen molar-refractivity contribution in [3.05, 3.63) is 52.9 Å². The van der Waals surface area contributed by atoms with Gasteiger partial charge in [0, 0.05) is 17.9 Å². The van der Waals surface area contributed by atoms with Crippen LogP contribution in [0.4, 0.5) is 4.39 Å². The van der Waals surface area contributed by atoms with E-state index in [2.05, 4.69) is 18.8 Å². The Bertz CT molecular complexity index is 1010. The summed E-state index contributed by atoms with van der Waals surface area (Å²) in [6, 6.07) is 8.52. The lowest BCUT2D eigenvalue weighted by molar-refractivity contribution is -0.127. The third-order valence-corrected chi connectivity index (χ3v) is 5.74. The van der Waals surface area contributed by atoms with Crippen LogP contribution in [0.3, 0.4) is 0 Å². The zero-order valence-electron chi connectivity index (χ0n) is 15.4. The topological polar surface area (TPSA) is 85.4 Å². The molecule has 1 heterocycles. The van der Waals surface area contributed by atoms with Crippen LogP contribution >= 0.6 is 11.6 Å². The van der Waals surface area contributed by atoms with Crippen molar-refractivity contribution in [3.8, 4) is 5.75 Å². The maximum absolute atomic E-state index is 13.2. The van der Waals surface area contributed by atoms with Crippen LogP contribution < -0.4 is 9.46 Å². The first-order chi connectivity index (χ1) is 13.1. The fraction of sp³-hybridized carbons (Fsp3) is 0.368. The van der Waals surface area contributed by atoms with Crippen LogP contribution in [0, 0.1) is 11.9 Å². The molecular formula is C19H20ClFN2O4S. The van der Waals surface area contributed by atoms with E-state index >= 15 is 0 Å². The summed E-state index contributed by atoms with van der Waals surface area (Å²) < 4.78 is 45.8. The third-order valence-electron chi connectivity index (χ3n) is 4.27. The predicted molar refractivity (Wildman–Crippen MR) is 102 cm³/mol. The summed E-state index contributed by atoms with van der Waals surface area (Å²) in [5.41, 5.74) is -0.412. The summed E-state index contributed by atoms with van der Waals surface area (Å²) in [5, 5.41) is -0.116. The van der Waals surface area contributed by atoms with Crippen molar-refractivity contribution in [1.82, 2.24) is 9.71 Å². The highest BCUT2D eigenvalue weighted by Gasteiger charge is 2.54. The number of nitrogens with zero attached hydrogens (tertiary/aromatic N) is 1. The molecule has 0 aliphatic heterocycles. The Balaban J connectivity index is 1.81. The minimum absolute atomic E-state index is 0.354. The molecule has 3 rings (SSSR count). The molecule has 9 heteroatoms. The molecule has 1 aromatic carbocycles. The van der Waals surface area contributed by atoms with E-state index in [9.17, 15) is 17.6 Å². The molecule has 0 bridgehead atoms. The highest BCUT2D eigenvalue weighted by Crippen LogP contribution is 2.42. The van der Waals surface area contributed by atoms with Crippen LogP contribution in [0.5, 0.6) is 5.75 Å². The molecule has 2 aromatic rings. The van der Waals surface area contributed by atoms with Gasteiger partial charge in [-0.3, -0.25) is 4.79 Å². The van der Waals surface area contributed by atoms with Crippen LogP contribution in [0.1, 0.15) is 32.3 Å². The van der Waals surface area contributed by atoms with E-state index in [0.717, 1.165) is 24.1 Å². The predicted octanol–water partition coefficient (Wildman–Crippen LogP) is 3.49.